The number of hydrogen-bond acceptors (Lipinski definition) is 15. The molecule has 0 aliphatic rings. The van der Waals surface area contributed by atoms with Crippen LogP contribution in [0.2, 0.25) is 0 Å². The van der Waals surface area contributed by atoms with Crippen molar-refractivity contribution in [2.75, 3.05) is 26.7 Å². The summed E-state index contributed by atoms with van der Waals surface area (Å²) in [6.45, 7) is 1.72. The molecule has 6 atom stereocenters. The van der Waals surface area contributed by atoms with E-state index in [2.05, 4.69) is 54.4 Å². The van der Waals surface area contributed by atoms with E-state index in [0.717, 1.165) is 43.5 Å². The molecule has 31 heteroatoms. The number of rotatable bonds is 58. The van der Waals surface area contributed by atoms with Gasteiger partial charge in [-0.1, -0.05) is 146 Å². The lowest BCUT2D eigenvalue weighted by Crippen LogP contribution is -2.58. The SMILES string of the molecule is CCCCCCCCCCCCCCCCCCCC(=O)NCCCC[C@H](NC(=O)CCCCCNC(=O)[C@H](CCC(=O)O)NC(=O)[C@H](Cc1c[nH]c2ccccc12)NC(=O)[C@H](Cc1cccc(F)c1)NC(=O)CNC(=O)[C@H](CCC(=O)O)NC(=O)[C@@H](CC(=O)O)NS(=O)(=O)c1ccc(OC)cc1)C(N)=O. The van der Waals surface area contributed by atoms with E-state index in [1.165, 1.54) is 121 Å². The molecular weight excluding hydrogens is 1390 g/mol. The third-order valence-electron chi connectivity index (χ3n) is 17.9. The van der Waals surface area contributed by atoms with E-state index in [9.17, 15) is 85.7 Å². The Labute approximate surface area is 619 Å². The molecule has 586 valence electrons. The molecule has 3 aromatic carbocycles. The molecule has 29 nitrogen and oxygen atoms in total. The molecular formula is C75H110FN11O18S. The number of amides is 9. The number of halogens is 1. The summed E-state index contributed by atoms with van der Waals surface area (Å²) in [7, 11) is -3.27. The zero-order valence-corrected chi connectivity index (χ0v) is 61.9. The number of aromatic nitrogens is 1. The van der Waals surface area contributed by atoms with Gasteiger partial charge in [0, 0.05) is 68.7 Å². The van der Waals surface area contributed by atoms with E-state index >= 15 is 0 Å². The summed E-state index contributed by atoms with van der Waals surface area (Å²) >= 11 is 0. The topological polar surface area (TPSA) is 459 Å². The summed E-state index contributed by atoms with van der Waals surface area (Å²) < 4.78 is 48.2. The van der Waals surface area contributed by atoms with E-state index in [1.807, 2.05) is 4.72 Å². The lowest BCUT2D eigenvalue weighted by atomic mass is 10.0. The lowest BCUT2D eigenvalue weighted by molar-refractivity contribution is -0.140. The number of sulfonamides is 1. The number of carbonyl (C=O) groups is 12. The van der Waals surface area contributed by atoms with Gasteiger partial charge in [0.15, 0.2) is 0 Å². The number of aliphatic carboxylic acids is 3. The van der Waals surface area contributed by atoms with Crippen LogP contribution < -0.4 is 57.7 Å². The van der Waals surface area contributed by atoms with Crippen LogP contribution in [0.15, 0.2) is 83.9 Å². The lowest BCUT2D eigenvalue weighted by Gasteiger charge is -2.26. The normalized spacial score (nSPS) is 13.0. The zero-order valence-electron chi connectivity index (χ0n) is 61.0. The van der Waals surface area contributed by atoms with Gasteiger partial charge in [-0.2, -0.15) is 4.72 Å². The van der Waals surface area contributed by atoms with E-state index in [1.54, 1.807) is 30.5 Å². The maximum atomic E-state index is 14.7. The van der Waals surface area contributed by atoms with Crippen molar-refractivity contribution in [3.63, 3.8) is 0 Å². The number of carbonyl (C=O) groups excluding carboxylic acids is 9. The van der Waals surface area contributed by atoms with Gasteiger partial charge in [0.05, 0.1) is 25.0 Å². The number of carboxylic acids is 3. The van der Waals surface area contributed by atoms with Crippen LogP contribution in [0.5, 0.6) is 5.75 Å². The molecule has 0 bridgehead atoms. The first-order chi connectivity index (χ1) is 50.8. The summed E-state index contributed by atoms with van der Waals surface area (Å²) in [5.74, 6) is -12.4. The van der Waals surface area contributed by atoms with E-state index in [4.69, 9.17) is 10.5 Å². The minimum Gasteiger partial charge on any atom is -0.497 e. The maximum Gasteiger partial charge on any atom is 0.305 e. The van der Waals surface area contributed by atoms with Crippen LogP contribution in [0, 0.1) is 5.82 Å². The van der Waals surface area contributed by atoms with Gasteiger partial charge in [-0.15, -0.1) is 0 Å². The number of primary amides is 1. The molecule has 4 aromatic rings. The minimum atomic E-state index is -4.60. The highest BCUT2D eigenvalue weighted by Crippen LogP contribution is 2.22. The Kier molecular flexibility index (Phi) is 42.0. The van der Waals surface area contributed by atoms with Crippen molar-refractivity contribution < 1.29 is 90.4 Å². The second-order valence-electron chi connectivity index (χ2n) is 26.6. The molecule has 0 aliphatic heterocycles. The number of hydrogen-bond donors (Lipinski definition) is 14. The number of nitrogens with one attached hydrogen (secondary N) is 10. The summed E-state index contributed by atoms with van der Waals surface area (Å²) in [4.78, 5) is 160. The second kappa shape index (κ2) is 50.1. The molecule has 106 heavy (non-hydrogen) atoms. The fourth-order valence-electron chi connectivity index (χ4n) is 11.9. The van der Waals surface area contributed by atoms with Crippen molar-refractivity contribution in [3.05, 3.63) is 95.9 Å². The van der Waals surface area contributed by atoms with Gasteiger partial charge in [-0.05, 0) is 105 Å². The number of para-hydroxylation sites is 1. The van der Waals surface area contributed by atoms with Gasteiger partial charge in [-0.3, -0.25) is 57.5 Å². The highest BCUT2D eigenvalue weighted by Gasteiger charge is 2.34. The van der Waals surface area contributed by atoms with Crippen LogP contribution in [0.1, 0.15) is 211 Å². The van der Waals surface area contributed by atoms with Crippen LogP contribution in [0.25, 0.3) is 10.9 Å². The summed E-state index contributed by atoms with van der Waals surface area (Å²) in [6.07, 6.45) is 21.7. The average molecular weight is 1500 g/mol. The molecule has 1 heterocycles. The largest absolute Gasteiger partial charge is 0.497 e. The Bertz CT molecular complexity index is 3580. The first kappa shape index (κ1) is 88.9. The van der Waals surface area contributed by atoms with Gasteiger partial charge in [0.1, 0.15) is 47.8 Å². The highest BCUT2D eigenvalue weighted by molar-refractivity contribution is 7.89. The molecule has 0 unspecified atom stereocenters. The monoisotopic (exact) mass is 1500 g/mol. The smallest absolute Gasteiger partial charge is 0.305 e. The Balaban J connectivity index is 1.31. The third kappa shape index (κ3) is 36.5. The van der Waals surface area contributed by atoms with Crippen molar-refractivity contribution in [2.24, 2.45) is 5.73 Å². The molecule has 1 aromatic heterocycles. The summed E-state index contributed by atoms with van der Waals surface area (Å²) in [5.41, 5.74) is 6.92. The number of nitrogens with two attached hydrogens (primary N) is 1. The fraction of sp³-hybridized carbons (Fsp3) is 0.573. The number of fused-ring (bicyclic) bond motifs is 1. The van der Waals surface area contributed by atoms with E-state index in [-0.39, 0.29) is 43.0 Å². The Morgan fingerprint density at radius 3 is 1.54 bits per heavy atom. The quantitative estimate of drug-likeness (QED) is 0.0205. The Morgan fingerprint density at radius 1 is 0.481 bits per heavy atom. The second-order valence-corrected chi connectivity index (χ2v) is 28.3. The van der Waals surface area contributed by atoms with Crippen LogP contribution in [-0.4, -0.2) is 163 Å². The van der Waals surface area contributed by atoms with E-state index in [0.29, 0.717) is 61.5 Å². The number of benzene rings is 3. The number of ether oxygens (including phenoxy) is 1. The van der Waals surface area contributed by atoms with Crippen LogP contribution >= 0.6 is 0 Å². The zero-order chi connectivity index (χ0) is 77.7. The van der Waals surface area contributed by atoms with Crippen LogP contribution in [0.4, 0.5) is 4.39 Å². The Hall–Kier alpha value is -9.52. The fourth-order valence-corrected chi connectivity index (χ4v) is 13.1. The van der Waals surface area contributed by atoms with Crippen molar-refractivity contribution >= 4 is 92.0 Å². The van der Waals surface area contributed by atoms with Gasteiger partial charge in [0.2, 0.25) is 63.2 Å². The molecule has 15 N–H and O–H groups in total. The summed E-state index contributed by atoms with van der Waals surface area (Å²) in [5, 5.41) is 49.7. The molecule has 0 fully saturated rings. The van der Waals surface area contributed by atoms with Gasteiger partial charge in [0.25, 0.3) is 0 Å². The molecule has 0 saturated carbocycles. The van der Waals surface area contributed by atoms with Gasteiger partial charge >= 0.3 is 17.9 Å². The van der Waals surface area contributed by atoms with Crippen molar-refractivity contribution in [1.29, 1.82) is 0 Å². The number of methoxy groups -OCH3 is 1. The first-order valence-corrected chi connectivity index (χ1v) is 38.5. The minimum absolute atomic E-state index is 0.0162. The van der Waals surface area contributed by atoms with Crippen molar-refractivity contribution in [3.8, 4) is 5.75 Å². The molecule has 4 rings (SSSR count). The predicted molar refractivity (Wildman–Crippen MR) is 394 cm³/mol. The first-order valence-electron chi connectivity index (χ1n) is 37.0. The van der Waals surface area contributed by atoms with Crippen LogP contribution in [0.3, 0.4) is 0 Å². The number of carboxylic acid groups (broad SMARTS) is 3. The molecule has 9 amide bonds. The maximum absolute atomic E-state index is 14.7. The standard InChI is InChI=1S/C75H110FN11O18S/c1-3-4-5-6-7-8-9-10-11-12-13-14-15-16-17-18-20-33-64(88)78-43-26-24-32-58(70(77)97)82-65(89)34-21-19-25-44-79-71(98)59(39-41-67(91)92)84-74(101)62(47-52-49-80-57-31-23-22-30-56(52)57)86-73(100)61(46-51-28-27-29-53(76)45-51)83-66(90)50-81-72(99)60(40-42-68(93)94)85-75(102)63(48-69(95)96)87-106(103,104)55-37-35-54(105-2)36-38-55/h22-23,27-31,35-38,45,49,58-63,80,87H,3-21,24-26,32-34,39-44,46-48,50H2,1-2H3,(H2,77,97)(H,78,88)(H,79,98)(H,81,99)(H,82,89)(H,83,90)(H,84,101)(H,85,102)(H,86,100)(H,91,92)(H,93,94)(H,95,96)/t58-,59-,60-,61-,62-,63+/m0/s1. The number of H-pyrrole nitrogens is 1. The van der Waals surface area contributed by atoms with Crippen molar-refractivity contribution in [2.45, 2.75) is 254 Å². The highest BCUT2D eigenvalue weighted by atomic mass is 32.2. The average Bonchev–Trinajstić information content (AvgIpc) is 1.49. The predicted octanol–water partition coefficient (Wildman–Crippen LogP) is 6.68. The number of unbranched alkanes of at least 4 members (excludes halogenated alkanes) is 19. The summed E-state index contributed by atoms with van der Waals surface area (Å²) in [6, 6.07) is 7.15. The molecule has 0 saturated heterocycles. The third-order valence-corrected chi connectivity index (χ3v) is 19.4. The number of aromatic amines is 1. The molecule has 0 aliphatic carbocycles. The van der Waals surface area contributed by atoms with Crippen molar-refractivity contribution in [1.82, 2.24) is 52.2 Å². The van der Waals surface area contributed by atoms with Gasteiger partial charge in [-0.25, -0.2) is 12.8 Å². The molecule has 0 radical (unpaired) electrons. The van der Waals surface area contributed by atoms with Gasteiger partial charge < -0.3 is 73.3 Å². The Morgan fingerprint density at radius 2 is 0.981 bits per heavy atom. The van der Waals surface area contributed by atoms with Crippen LogP contribution in [-0.2, 0) is 80.4 Å². The molecule has 0 spiro atoms. The van der Waals surface area contributed by atoms with E-state index < -0.39 is 167 Å².